The molecule has 0 N–H and O–H groups in total. The Bertz CT molecular complexity index is 657. The van der Waals surface area contributed by atoms with E-state index in [0.717, 1.165) is 50.3 Å². The third-order valence-corrected chi connectivity index (χ3v) is 6.02. The molecule has 1 aromatic carbocycles. The smallest absolute Gasteiger partial charge is 0.323 e. The third kappa shape index (κ3) is 5.13. The largest absolute Gasteiger partial charge is 0.461 e. The first-order chi connectivity index (χ1) is 13.5. The van der Waals surface area contributed by atoms with E-state index in [1.165, 1.54) is 19.3 Å². The van der Waals surface area contributed by atoms with Crippen LogP contribution in [0.5, 0.6) is 0 Å². The second kappa shape index (κ2) is 9.55. The summed E-state index contributed by atoms with van der Waals surface area (Å²) in [6, 6.07) is 7.67. The van der Waals surface area contributed by atoms with E-state index in [-0.39, 0.29) is 29.8 Å². The summed E-state index contributed by atoms with van der Waals surface area (Å²) in [5, 5.41) is 0. The molecule has 2 saturated heterocycles. The number of ketones is 1. The molecule has 1 atom stereocenters. The highest BCUT2D eigenvalue weighted by molar-refractivity contribution is 5.94. The molecule has 0 aromatic heterocycles. The predicted molar refractivity (Wildman–Crippen MR) is 112 cm³/mol. The van der Waals surface area contributed by atoms with Gasteiger partial charge in [0.05, 0.1) is 0 Å². The Labute approximate surface area is 169 Å². The van der Waals surface area contributed by atoms with Crippen molar-refractivity contribution < 1.29 is 14.3 Å². The number of carbonyl (C=O) groups excluding carboxylic acids is 2. The average Bonchev–Trinajstić information content (AvgIpc) is 2.69. The number of ether oxygens (including phenoxy) is 1. The zero-order chi connectivity index (χ0) is 20.1. The Hall–Kier alpha value is -1.88. The second-order valence-corrected chi connectivity index (χ2v) is 8.51. The average molecular weight is 387 g/mol. The highest BCUT2D eigenvalue weighted by Crippen LogP contribution is 2.24. The second-order valence-electron chi connectivity index (χ2n) is 8.51. The molecule has 0 spiro atoms. The molecule has 0 aliphatic carbocycles. The lowest BCUT2D eigenvalue weighted by Gasteiger charge is -2.37. The molecule has 28 heavy (non-hydrogen) atoms. The van der Waals surface area contributed by atoms with Crippen molar-refractivity contribution >= 4 is 17.4 Å². The van der Waals surface area contributed by atoms with Gasteiger partial charge in [0.15, 0.2) is 5.78 Å². The van der Waals surface area contributed by atoms with Crippen LogP contribution in [-0.4, -0.2) is 55.0 Å². The van der Waals surface area contributed by atoms with Crippen molar-refractivity contribution in [2.24, 2.45) is 5.92 Å². The molecule has 3 rings (SSSR count). The first-order valence-corrected chi connectivity index (χ1v) is 10.8. The van der Waals surface area contributed by atoms with Crippen molar-refractivity contribution in [3.63, 3.8) is 0 Å². The summed E-state index contributed by atoms with van der Waals surface area (Å²) in [6.45, 7) is 9.57. The van der Waals surface area contributed by atoms with Crippen molar-refractivity contribution in [2.75, 3.05) is 31.1 Å². The fourth-order valence-corrected chi connectivity index (χ4v) is 4.41. The minimum atomic E-state index is -0.113. The van der Waals surface area contributed by atoms with Crippen LogP contribution in [0.4, 0.5) is 5.69 Å². The first-order valence-electron chi connectivity index (χ1n) is 10.8. The molecule has 1 unspecified atom stereocenters. The van der Waals surface area contributed by atoms with Gasteiger partial charge in [-0.2, -0.15) is 0 Å². The standard InChI is InChI=1S/C23H34N2O3/c1-17(2)22(25-13-5-4-6-14-25)23(27)28-21-11-15-24(16-12-21)20-9-7-19(8-10-20)18(3)26/h7-10,17,21-22H,4-6,11-16H2,1-3H3. The molecule has 0 bridgehead atoms. The maximum Gasteiger partial charge on any atom is 0.323 e. The van der Waals surface area contributed by atoms with Gasteiger partial charge in [0, 0.05) is 37.2 Å². The number of nitrogens with zero attached hydrogens (tertiary/aromatic N) is 2. The molecule has 154 valence electrons. The SMILES string of the molecule is CC(=O)c1ccc(N2CCC(OC(=O)C(C(C)C)N3CCCCC3)CC2)cc1. The number of rotatable bonds is 6. The predicted octanol–water partition coefficient (Wildman–Crippen LogP) is 3.91. The number of carbonyl (C=O) groups is 2. The third-order valence-electron chi connectivity index (χ3n) is 6.02. The summed E-state index contributed by atoms with van der Waals surface area (Å²) in [5.41, 5.74) is 1.87. The highest BCUT2D eigenvalue weighted by atomic mass is 16.5. The zero-order valence-corrected chi connectivity index (χ0v) is 17.5. The molecule has 2 fully saturated rings. The summed E-state index contributed by atoms with van der Waals surface area (Å²) in [6.07, 6.45) is 5.33. The molecule has 1 aromatic rings. The van der Waals surface area contributed by atoms with E-state index in [4.69, 9.17) is 4.74 Å². The molecule has 5 nitrogen and oxygen atoms in total. The molecule has 2 aliphatic rings. The summed E-state index contributed by atoms with van der Waals surface area (Å²) in [5.74, 6) is 0.317. The van der Waals surface area contributed by atoms with Crippen molar-refractivity contribution in [1.29, 1.82) is 0 Å². The number of hydrogen-bond donors (Lipinski definition) is 0. The molecule has 0 radical (unpaired) electrons. The van der Waals surface area contributed by atoms with Crippen molar-refractivity contribution in [3.05, 3.63) is 29.8 Å². The van der Waals surface area contributed by atoms with Crippen molar-refractivity contribution in [2.45, 2.75) is 65.0 Å². The summed E-state index contributed by atoms with van der Waals surface area (Å²) in [4.78, 5) is 29.0. The molecule has 0 saturated carbocycles. The molecule has 2 heterocycles. The fraction of sp³-hybridized carbons (Fsp3) is 0.652. The lowest BCUT2D eigenvalue weighted by atomic mass is 9.99. The quantitative estimate of drug-likeness (QED) is 0.548. The molecule has 2 aliphatic heterocycles. The van der Waals surface area contributed by atoms with Crippen LogP contribution in [0.2, 0.25) is 0 Å². The van der Waals surface area contributed by atoms with Gasteiger partial charge in [-0.15, -0.1) is 0 Å². The Kier molecular flexibility index (Phi) is 7.11. The van der Waals surface area contributed by atoms with Crippen LogP contribution in [0.1, 0.15) is 63.2 Å². The van der Waals surface area contributed by atoms with E-state index in [0.29, 0.717) is 0 Å². The monoisotopic (exact) mass is 386 g/mol. The van der Waals surface area contributed by atoms with Crippen LogP contribution in [-0.2, 0) is 9.53 Å². The van der Waals surface area contributed by atoms with E-state index in [1.807, 2.05) is 24.3 Å². The van der Waals surface area contributed by atoms with Crippen LogP contribution >= 0.6 is 0 Å². The number of esters is 1. The summed E-state index contributed by atoms with van der Waals surface area (Å²) in [7, 11) is 0. The highest BCUT2D eigenvalue weighted by Gasteiger charge is 2.33. The van der Waals surface area contributed by atoms with Crippen LogP contribution < -0.4 is 4.90 Å². The van der Waals surface area contributed by atoms with Crippen LogP contribution in [0.15, 0.2) is 24.3 Å². The summed E-state index contributed by atoms with van der Waals surface area (Å²) < 4.78 is 5.95. The number of hydrogen-bond acceptors (Lipinski definition) is 5. The number of benzene rings is 1. The molecule has 0 amide bonds. The van der Waals surface area contributed by atoms with Gasteiger partial charge < -0.3 is 9.64 Å². The normalized spacial score (nSPS) is 20.2. The lowest BCUT2D eigenvalue weighted by Crippen LogP contribution is -2.49. The van der Waals surface area contributed by atoms with Crippen LogP contribution in [0.25, 0.3) is 0 Å². The Morgan fingerprint density at radius 3 is 2.11 bits per heavy atom. The van der Waals surface area contributed by atoms with Gasteiger partial charge in [-0.3, -0.25) is 14.5 Å². The van der Waals surface area contributed by atoms with Crippen LogP contribution in [0, 0.1) is 5.92 Å². The molecular weight excluding hydrogens is 352 g/mol. The van der Waals surface area contributed by atoms with E-state index in [1.54, 1.807) is 6.92 Å². The number of anilines is 1. The fourth-order valence-electron chi connectivity index (χ4n) is 4.41. The minimum absolute atomic E-state index is 0.00582. The van der Waals surface area contributed by atoms with E-state index >= 15 is 0 Å². The van der Waals surface area contributed by atoms with E-state index in [9.17, 15) is 9.59 Å². The van der Waals surface area contributed by atoms with Gasteiger partial charge >= 0.3 is 5.97 Å². The first kappa shape index (κ1) is 20.8. The lowest BCUT2D eigenvalue weighted by molar-refractivity contribution is -0.158. The Morgan fingerprint density at radius 1 is 0.964 bits per heavy atom. The number of piperidine rings is 2. The topological polar surface area (TPSA) is 49.9 Å². The van der Waals surface area contributed by atoms with Gasteiger partial charge in [0.25, 0.3) is 0 Å². The van der Waals surface area contributed by atoms with Crippen molar-refractivity contribution in [1.82, 2.24) is 4.90 Å². The van der Waals surface area contributed by atoms with Gasteiger partial charge in [-0.05, 0) is 63.0 Å². The van der Waals surface area contributed by atoms with E-state index < -0.39 is 0 Å². The molecular formula is C23H34N2O3. The summed E-state index contributed by atoms with van der Waals surface area (Å²) >= 11 is 0. The number of likely N-dealkylation sites (tertiary alicyclic amines) is 1. The van der Waals surface area contributed by atoms with Gasteiger partial charge in [0.2, 0.25) is 0 Å². The minimum Gasteiger partial charge on any atom is -0.461 e. The molecule has 5 heteroatoms. The maximum absolute atomic E-state index is 12.9. The van der Waals surface area contributed by atoms with E-state index in [2.05, 4.69) is 23.6 Å². The Morgan fingerprint density at radius 2 is 1.57 bits per heavy atom. The van der Waals surface area contributed by atoms with Crippen LogP contribution in [0.3, 0.4) is 0 Å². The van der Waals surface area contributed by atoms with Gasteiger partial charge in [-0.1, -0.05) is 20.3 Å². The van der Waals surface area contributed by atoms with Crippen molar-refractivity contribution in [3.8, 4) is 0 Å². The maximum atomic E-state index is 12.9. The van der Waals surface area contributed by atoms with Gasteiger partial charge in [-0.25, -0.2) is 0 Å². The van der Waals surface area contributed by atoms with Gasteiger partial charge in [0.1, 0.15) is 12.1 Å². The number of Topliss-reactive ketones (excluding diaryl/α,β-unsaturated/α-hetero) is 1. The zero-order valence-electron chi connectivity index (χ0n) is 17.5. The Balaban J connectivity index is 1.52.